The number of rotatable bonds is 2. The molecule has 1 saturated heterocycles. The summed E-state index contributed by atoms with van der Waals surface area (Å²) in [6, 6.07) is 4.83. The number of benzene rings is 1. The lowest BCUT2D eigenvalue weighted by molar-refractivity contribution is -0.385. The second kappa shape index (κ2) is 3.80. The molecule has 16 heavy (non-hydrogen) atoms. The van der Waals surface area contributed by atoms with Crippen LogP contribution in [-0.4, -0.2) is 17.6 Å². The van der Waals surface area contributed by atoms with Crippen molar-refractivity contribution in [1.29, 1.82) is 0 Å². The average Bonchev–Trinajstić information content (AvgIpc) is 2.65. The molecule has 1 heterocycles. The standard InChI is InChI=1S/C10H10N2O4/c1-6-2-3-7(4-8(6)12(14)15)9-5-11-10(13)16-9/h2-4,9H,5H2,1H3,(H,11,13). The van der Waals surface area contributed by atoms with E-state index < -0.39 is 17.1 Å². The van der Waals surface area contributed by atoms with Crippen LogP contribution in [0.5, 0.6) is 0 Å². The van der Waals surface area contributed by atoms with Crippen molar-refractivity contribution in [2.24, 2.45) is 0 Å². The van der Waals surface area contributed by atoms with Crippen molar-refractivity contribution < 1.29 is 14.5 Å². The minimum absolute atomic E-state index is 0.0421. The highest BCUT2D eigenvalue weighted by molar-refractivity contribution is 5.69. The second-order valence-corrected chi connectivity index (χ2v) is 3.58. The average molecular weight is 222 g/mol. The summed E-state index contributed by atoms with van der Waals surface area (Å²) in [5.41, 5.74) is 1.27. The van der Waals surface area contributed by atoms with Crippen molar-refractivity contribution in [1.82, 2.24) is 5.32 Å². The number of hydrogen-bond acceptors (Lipinski definition) is 4. The summed E-state index contributed by atoms with van der Waals surface area (Å²) >= 11 is 0. The van der Waals surface area contributed by atoms with Crippen molar-refractivity contribution in [2.75, 3.05) is 6.54 Å². The number of ether oxygens (including phenoxy) is 1. The van der Waals surface area contributed by atoms with Crippen LogP contribution in [0, 0.1) is 17.0 Å². The quantitative estimate of drug-likeness (QED) is 0.609. The molecule has 1 N–H and O–H groups in total. The van der Waals surface area contributed by atoms with Gasteiger partial charge in [-0.25, -0.2) is 4.79 Å². The Bertz CT molecular complexity index is 458. The molecular weight excluding hydrogens is 212 g/mol. The van der Waals surface area contributed by atoms with Gasteiger partial charge in [0, 0.05) is 17.2 Å². The summed E-state index contributed by atoms with van der Waals surface area (Å²) in [6.45, 7) is 2.01. The Morgan fingerprint density at radius 3 is 2.88 bits per heavy atom. The van der Waals surface area contributed by atoms with Gasteiger partial charge >= 0.3 is 6.09 Å². The van der Waals surface area contributed by atoms with E-state index in [0.29, 0.717) is 17.7 Å². The van der Waals surface area contributed by atoms with Crippen LogP contribution >= 0.6 is 0 Å². The van der Waals surface area contributed by atoms with E-state index in [2.05, 4.69) is 5.32 Å². The van der Waals surface area contributed by atoms with Crippen LogP contribution in [-0.2, 0) is 4.74 Å². The fraction of sp³-hybridized carbons (Fsp3) is 0.300. The number of hydrogen-bond donors (Lipinski definition) is 1. The number of nitro groups is 1. The number of alkyl carbamates (subject to hydrolysis) is 1. The number of carbonyl (C=O) groups is 1. The van der Waals surface area contributed by atoms with Gasteiger partial charge in [0.2, 0.25) is 0 Å². The normalized spacial score (nSPS) is 19.1. The number of amides is 1. The predicted molar refractivity (Wildman–Crippen MR) is 55.1 cm³/mol. The second-order valence-electron chi connectivity index (χ2n) is 3.58. The van der Waals surface area contributed by atoms with Gasteiger partial charge in [-0.3, -0.25) is 10.1 Å². The highest BCUT2D eigenvalue weighted by atomic mass is 16.6. The number of carbonyl (C=O) groups excluding carboxylic acids is 1. The zero-order chi connectivity index (χ0) is 11.7. The van der Waals surface area contributed by atoms with Gasteiger partial charge < -0.3 is 10.1 Å². The molecule has 1 aliphatic rings. The first-order valence-electron chi connectivity index (χ1n) is 4.77. The van der Waals surface area contributed by atoms with Gasteiger partial charge in [-0.05, 0) is 6.92 Å². The number of cyclic esters (lactones) is 1. The summed E-state index contributed by atoms with van der Waals surface area (Å²) in [4.78, 5) is 21.1. The third-order valence-electron chi connectivity index (χ3n) is 2.48. The first-order chi connectivity index (χ1) is 7.58. The fourth-order valence-electron chi connectivity index (χ4n) is 1.60. The van der Waals surface area contributed by atoms with Gasteiger partial charge in [0.15, 0.2) is 0 Å². The summed E-state index contributed by atoms with van der Waals surface area (Å²) in [7, 11) is 0. The van der Waals surface area contributed by atoms with E-state index in [9.17, 15) is 14.9 Å². The Labute approximate surface area is 91.4 Å². The van der Waals surface area contributed by atoms with Crippen LogP contribution in [0.3, 0.4) is 0 Å². The van der Waals surface area contributed by atoms with Gasteiger partial charge in [0.25, 0.3) is 5.69 Å². The largest absolute Gasteiger partial charge is 0.439 e. The van der Waals surface area contributed by atoms with Crippen LogP contribution in [0.15, 0.2) is 18.2 Å². The molecule has 0 saturated carbocycles. The Morgan fingerprint density at radius 1 is 1.56 bits per heavy atom. The monoisotopic (exact) mass is 222 g/mol. The molecule has 0 aromatic heterocycles. The molecule has 1 unspecified atom stereocenters. The molecule has 0 aliphatic carbocycles. The van der Waals surface area contributed by atoms with Gasteiger partial charge in [-0.1, -0.05) is 12.1 Å². The van der Waals surface area contributed by atoms with E-state index in [4.69, 9.17) is 4.74 Å². The zero-order valence-electron chi connectivity index (χ0n) is 8.60. The van der Waals surface area contributed by atoms with Crippen molar-refractivity contribution in [3.63, 3.8) is 0 Å². The maximum atomic E-state index is 10.8. The van der Waals surface area contributed by atoms with Crippen LogP contribution in [0.4, 0.5) is 10.5 Å². The van der Waals surface area contributed by atoms with Crippen molar-refractivity contribution in [3.8, 4) is 0 Å². The van der Waals surface area contributed by atoms with Crippen LogP contribution in [0.25, 0.3) is 0 Å². The molecule has 1 aliphatic heterocycles. The minimum atomic E-state index is -0.492. The predicted octanol–water partition coefficient (Wildman–Crippen LogP) is 1.68. The maximum Gasteiger partial charge on any atom is 0.407 e. The number of aryl methyl sites for hydroxylation is 1. The Hall–Kier alpha value is -2.11. The number of nitro benzene ring substituents is 1. The summed E-state index contributed by atoms with van der Waals surface area (Å²) in [6.07, 6.45) is -0.931. The van der Waals surface area contributed by atoms with Gasteiger partial charge in [-0.2, -0.15) is 0 Å². The fourth-order valence-corrected chi connectivity index (χ4v) is 1.60. The Balaban J connectivity index is 2.32. The molecule has 1 amide bonds. The van der Waals surface area contributed by atoms with E-state index in [0.717, 1.165) is 0 Å². The minimum Gasteiger partial charge on any atom is -0.439 e. The molecule has 84 valence electrons. The first kappa shape index (κ1) is 10.4. The number of nitrogens with zero attached hydrogens (tertiary/aromatic N) is 1. The van der Waals surface area contributed by atoms with Gasteiger partial charge in [0.05, 0.1) is 11.5 Å². The molecule has 6 heteroatoms. The molecule has 1 fully saturated rings. The van der Waals surface area contributed by atoms with Crippen LogP contribution in [0.1, 0.15) is 17.2 Å². The zero-order valence-corrected chi connectivity index (χ0v) is 8.60. The Morgan fingerprint density at radius 2 is 2.31 bits per heavy atom. The smallest absolute Gasteiger partial charge is 0.407 e. The molecule has 1 aromatic carbocycles. The molecular formula is C10H10N2O4. The molecule has 2 rings (SSSR count). The highest BCUT2D eigenvalue weighted by Crippen LogP contribution is 2.26. The number of nitrogens with one attached hydrogen (secondary N) is 1. The van der Waals surface area contributed by atoms with Gasteiger partial charge in [-0.15, -0.1) is 0 Å². The lowest BCUT2D eigenvalue weighted by atomic mass is 10.1. The molecule has 0 bridgehead atoms. The van der Waals surface area contributed by atoms with E-state index in [1.807, 2.05) is 0 Å². The van der Waals surface area contributed by atoms with Crippen molar-refractivity contribution >= 4 is 11.8 Å². The molecule has 0 spiro atoms. The van der Waals surface area contributed by atoms with Crippen molar-refractivity contribution in [2.45, 2.75) is 13.0 Å². The maximum absolute atomic E-state index is 10.8. The molecule has 6 nitrogen and oxygen atoms in total. The molecule has 1 aromatic rings. The lowest BCUT2D eigenvalue weighted by Crippen LogP contribution is -2.12. The highest BCUT2D eigenvalue weighted by Gasteiger charge is 2.25. The topological polar surface area (TPSA) is 81.5 Å². The summed E-state index contributed by atoms with van der Waals surface area (Å²) < 4.78 is 4.95. The molecule has 1 atom stereocenters. The van der Waals surface area contributed by atoms with E-state index in [1.54, 1.807) is 19.1 Å². The Kier molecular flexibility index (Phi) is 2.47. The molecule has 0 radical (unpaired) electrons. The van der Waals surface area contributed by atoms with E-state index in [-0.39, 0.29) is 5.69 Å². The van der Waals surface area contributed by atoms with Crippen molar-refractivity contribution in [3.05, 3.63) is 39.4 Å². The van der Waals surface area contributed by atoms with Crippen LogP contribution in [0.2, 0.25) is 0 Å². The summed E-state index contributed by atoms with van der Waals surface area (Å²) in [5.74, 6) is 0. The first-order valence-corrected chi connectivity index (χ1v) is 4.77. The van der Waals surface area contributed by atoms with E-state index in [1.165, 1.54) is 6.07 Å². The van der Waals surface area contributed by atoms with E-state index >= 15 is 0 Å². The van der Waals surface area contributed by atoms with Gasteiger partial charge in [0.1, 0.15) is 6.10 Å². The van der Waals surface area contributed by atoms with Crippen LogP contribution < -0.4 is 5.32 Å². The lowest BCUT2D eigenvalue weighted by Gasteiger charge is -2.08. The third-order valence-corrected chi connectivity index (χ3v) is 2.48. The third kappa shape index (κ3) is 1.81. The SMILES string of the molecule is Cc1ccc(C2CNC(=O)O2)cc1[N+](=O)[O-]. The summed E-state index contributed by atoms with van der Waals surface area (Å²) in [5, 5.41) is 13.2.